The summed E-state index contributed by atoms with van der Waals surface area (Å²) in [6.45, 7) is 9.53. The molecule has 0 heterocycles. The monoisotopic (exact) mass is 396 g/mol. The van der Waals surface area contributed by atoms with Crippen molar-refractivity contribution in [1.29, 1.82) is 0 Å². The molecule has 0 saturated carbocycles. The molecule has 0 unspecified atom stereocenters. The third-order valence-electron chi connectivity index (χ3n) is 4.32. The molecule has 0 fully saturated rings. The fourth-order valence-electron chi connectivity index (χ4n) is 3.02. The van der Waals surface area contributed by atoms with E-state index in [1.807, 2.05) is 39.8 Å². The number of rotatable bonds is 5. The van der Waals surface area contributed by atoms with Gasteiger partial charge in [0, 0.05) is 16.8 Å². The highest BCUT2D eigenvalue weighted by molar-refractivity contribution is 6.35. The number of anilines is 1. The first-order valence-electron chi connectivity index (χ1n) is 8.39. The summed E-state index contributed by atoms with van der Waals surface area (Å²) in [5, 5.41) is 6.45. The molecule has 2 aromatic rings. The lowest BCUT2D eigenvalue weighted by atomic mass is 10.0. The fourth-order valence-corrected chi connectivity index (χ4v) is 3.57. The van der Waals surface area contributed by atoms with Gasteiger partial charge in [-0.15, -0.1) is 0 Å². The van der Waals surface area contributed by atoms with Gasteiger partial charge in [-0.05, 0) is 63.4 Å². The van der Waals surface area contributed by atoms with Gasteiger partial charge in [0.1, 0.15) is 5.82 Å². The van der Waals surface area contributed by atoms with Crippen LogP contribution in [0, 0.1) is 26.6 Å². The lowest BCUT2D eigenvalue weighted by Crippen LogP contribution is -2.39. The smallest absolute Gasteiger partial charge is 0.241 e. The molecule has 0 spiro atoms. The first kappa shape index (κ1) is 20.7. The Hall–Kier alpha value is -1.62. The summed E-state index contributed by atoms with van der Waals surface area (Å²) in [5.41, 5.74) is 4.54. The molecule has 6 heteroatoms. The van der Waals surface area contributed by atoms with Crippen LogP contribution >= 0.6 is 23.2 Å². The molecule has 0 aliphatic heterocycles. The zero-order chi connectivity index (χ0) is 19.6. The fraction of sp³-hybridized carbons (Fsp3) is 0.350. The second-order valence-electron chi connectivity index (χ2n) is 6.66. The van der Waals surface area contributed by atoms with Gasteiger partial charge in [-0.1, -0.05) is 40.9 Å². The molecule has 2 N–H and O–H groups in total. The SMILES string of the molecule is Cc1cc(C)c(NC(=O)[C@H](C)N[C@@H](C)c2cc(F)c(Cl)cc2Cl)c(C)c1. The number of hydrogen-bond donors (Lipinski definition) is 2. The molecular formula is C20H23Cl2FN2O. The highest BCUT2D eigenvalue weighted by Gasteiger charge is 2.20. The third kappa shape index (κ3) is 4.76. The molecule has 1 amide bonds. The predicted molar refractivity (Wildman–Crippen MR) is 107 cm³/mol. The van der Waals surface area contributed by atoms with Crippen molar-refractivity contribution in [3.05, 3.63) is 62.4 Å². The zero-order valence-electron chi connectivity index (χ0n) is 15.5. The number of halogens is 3. The maximum atomic E-state index is 13.7. The van der Waals surface area contributed by atoms with E-state index in [4.69, 9.17) is 23.2 Å². The molecule has 140 valence electrons. The van der Waals surface area contributed by atoms with Crippen LogP contribution in [0.5, 0.6) is 0 Å². The summed E-state index contributed by atoms with van der Waals surface area (Å²) in [7, 11) is 0. The molecule has 0 aliphatic carbocycles. The van der Waals surface area contributed by atoms with Crippen LogP contribution in [0.25, 0.3) is 0 Å². The van der Waals surface area contributed by atoms with Crippen molar-refractivity contribution in [3.63, 3.8) is 0 Å². The third-order valence-corrected chi connectivity index (χ3v) is 4.94. The summed E-state index contributed by atoms with van der Waals surface area (Å²) in [5.74, 6) is -0.708. The van der Waals surface area contributed by atoms with Crippen LogP contribution in [-0.4, -0.2) is 11.9 Å². The average molecular weight is 397 g/mol. The minimum absolute atomic E-state index is 0.0259. The van der Waals surface area contributed by atoms with Gasteiger partial charge in [-0.25, -0.2) is 4.39 Å². The van der Waals surface area contributed by atoms with Crippen molar-refractivity contribution in [1.82, 2.24) is 5.32 Å². The maximum absolute atomic E-state index is 13.7. The molecule has 2 rings (SSSR count). The summed E-state index contributed by atoms with van der Waals surface area (Å²) in [6.07, 6.45) is 0. The van der Waals surface area contributed by atoms with Crippen LogP contribution in [0.4, 0.5) is 10.1 Å². The Bertz CT molecular complexity index is 816. The Morgan fingerprint density at radius 2 is 1.58 bits per heavy atom. The van der Waals surface area contributed by atoms with Gasteiger partial charge in [-0.3, -0.25) is 10.1 Å². The lowest BCUT2D eigenvalue weighted by molar-refractivity contribution is -0.117. The van der Waals surface area contributed by atoms with Crippen LogP contribution in [0.2, 0.25) is 10.0 Å². The van der Waals surface area contributed by atoms with E-state index in [-0.39, 0.29) is 17.0 Å². The van der Waals surface area contributed by atoms with Crippen LogP contribution in [0.15, 0.2) is 24.3 Å². The molecular weight excluding hydrogens is 374 g/mol. The highest BCUT2D eigenvalue weighted by Crippen LogP contribution is 2.29. The van der Waals surface area contributed by atoms with Gasteiger partial charge < -0.3 is 5.32 Å². The molecule has 2 atom stereocenters. The summed E-state index contributed by atoms with van der Waals surface area (Å²) in [6, 6.07) is 5.89. The number of hydrogen-bond acceptors (Lipinski definition) is 2. The van der Waals surface area contributed by atoms with Crippen molar-refractivity contribution in [2.24, 2.45) is 0 Å². The van der Waals surface area contributed by atoms with Crippen LogP contribution in [-0.2, 0) is 4.79 Å². The van der Waals surface area contributed by atoms with Gasteiger partial charge in [0.25, 0.3) is 0 Å². The Kier molecular flexibility index (Phi) is 6.67. The predicted octanol–water partition coefficient (Wildman–Crippen LogP) is 5.74. The Balaban J connectivity index is 2.11. The topological polar surface area (TPSA) is 41.1 Å². The summed E-state index contributed by atoms with van der Waals surface area (Å²) < 4.78 is 13.7. The number of benzene rings is 2. The van der Waals surface area contributed by atoms with Gasteiger partial charge >= 0.3 is 0 Å². The average Bonchev–Trinajstić information content (AvgIpc) is 2.53. The van der Waals surface area contributed by atoms with Gasteiger partial charge in [0.2, 0.25) is 5.91 Å². The number of carbonyl (C=O) groups excluding carboxylic acids is 1. The molecule has 0 bridgehead atoms. The van der Waals surface area contributed by atoms with Crippen LogP contribution in [0.1, 0.15) is 42.1 Å². The van der Waals surface area contributed by atoms with Crippen molar-refractivity contribution in [2.45, 2.75) is 46.7 Å². The first-order chi connectivity index (χ1) is 12.1. The minimum atomic E-state index is -0.539. The van der Waals surface area contributed by atoms with E-state index < -0.39 is 11.9 Å². The Morgan fingerprint density at radius 3 is 2.15 bits per heavy atom. The summed E-state index contributed by atoms with van der Waals surface area (Å²) >= 11 is 11.9. The van der Waals surface area contributed by atoms with E-state index in [1.165, 1.54) is 12.1 Å². The molecule has 26 heavy (non-hydrogen) atoms. The van der Waals surface area contributed by atoms with E-state index in [0.717, 1.165) is 22.4 Å². The number of nitrogens with one attached hydrogen (secondary N) is 2. The second-order valence-corrected chi connectivity index (χ2v) is 7.48. The Morgan fingerprint density at radius 1 is 1.00 bits per heavy atom. The van der Waals surface area contributed by atoms with Crippen LogP contribution < -0.4 is 10.6 Å². The molecule has 2 aromatic carbocycles. The maximum Gasteiger partial charge on any atom is 0.241 e. The first-order valence-corrected chi connectivity index (χ1v) is 9.15. The second kappa shape index (κ2) is 8.38. The summed E-state index contributed by atoms with van der Waals surface area (Å²) in [4.78, 5) is 12.6. The molecule has 0 saturated heterocycles. The van der Waals surface area contributed by atoms with Crippen LogP contribution in [0.3, 0.4) is 0 Å². The highest BCUT2D eigenvalue weighted by atomic mass is 35.5. The van der Waals surface area contributed by atoms with E-state index in [9.17, 15) is 9.18 Å². The van der Waals surface area contributed by atoms with Crippen molar-refractivity contribution >= 4 is 34.8 Å². The molecule has 0 aliphatic rings. The van der Waals surface area contributed by atoms with Crippen molar-refractivity contribution in [2.75, 3.05) is 5.32 Å². The standard InChI is InChI=1S/C20H23Cl2FN2O/c1-10-6-11(2)19(12(3)7-10)25-20(26)14(5)24-13(4)15-8-18(23)17(22)9-16(15)21/h6-9,13-14,24H,1-5H3,(H,25,26)/t13-,14-/m0/s1. The normalized spacial score (nSPS) is 13.4. The van der Waals surface area contributed by atoms with Gasteiger partial charge in [-0.2, -0.15) is 0 Å². The molecule has 3 nitrogen and oxygen atoms in total. The number of aryl methyl sites for hydroxylation is 3. The molecule has 0 aromatic heterocycles. The minimum Gasteiger partial charge on any atom is -0.324 e. The number of carbonyl (C=O) groups is 1. The van der Waals surface area contributed by atoms with E-state index >= 15 is 0 Å². The van der Waals surface area contributed by atoms with Gasteiger partial charge in [0.15, 0.2) is 0 Å². The number of amides is 1. The zero-order valence-corrected chi connectivity index (χ0v) is 17.0. The lowest BCUT2D eigenvalue weighted by Gasteiger charge is -2.22. The van der Waals surface area contributed by atoms with E-state index in [2.05, 4.69) is 10.6 Å². The van der Waals surface area contributed by atoms with E-state index in [0.29, 0.717) is 10.6 Å². The Labute approximate surface area is 163 Å². The van der Waals surface area contributed by atoms with Gasteiger partial charge in [0.05, 0.1) is 11.1 Å². The largest absolute Gasteiger partial charge is 0.324 e. The van der Waals surface area contributed by atoms with Crippen molar-refractivity contribution in [3.8, 4) is 0 Å². The van der Waals surface area contributed by atoms with E-state index in [1.54, 1.807) is 6.92 Å². The van der Waals surface area contributed by atoms with Crippen molar-refractivity contribution < 1.29 is 9.18 Å². The molecule has 0 radical (unpaired) electrons. The quantitative estimate of drug-likeness (QED) is 0.632.